The Labute approximate surface area is 102 Å². The number of rotatable bonds is 3. The smallest absolute Gasteiger partial charge is 0.253 e. The topological polar surface area (TPSA) is 98.0 Å². The van der Waals surface area contributed by atoms with Crippen LogP contribution in [-0.4, -0.2) is 31.9 Å². The Balaban J connectivity index is 3.19. The largest absolute Gasteiger partial charge is 0.365 e. The SMILES string of the molecule is C[S@@](=O)c1nc(NC(C)(C)C)ncc1C(N)=O. The van der Waals surface area contributed by atoms with Gasteiger partial charge in [0.1, 0.15) is 5.03 Å². The Morgan fingerprint density at radius 2 is 2.06 bits per heavy atom. The fraction of sp³-hybridized carbons (Fsp3) is 0.500. The normalized spacial score (nSPS) is 13.2. The molecule has 6 nitrogen and oxygen atoms in total. The predicted octanol–water partition coefficient (Wildman–Crippen LogP) is 0.523. The van der Waals surface area contributed by atoms with Gasteiger partial charge in [-0.15, -0.1) is 0 Å². The van der Waals surface area contributed by atoms with Gasteiger partial charge in [-0.2, -0.15) is 0 Å². The Hall–Kier alpha value is -1.50. The third-order valence-corrected chi connectivity index (χ3v) is 2.63. The van der Waals surface area contributed by atoms with Crippen molar-refractivity contribution in [2.24, 2.45) is 5.73 Å². The van der Waals surface area contributed by atoms with Crippen molar-refractivity contribution in [1.82, 2.24) is 9.97 Å². The van der Waals surface area contributed by atoms with Crippen LogP contribution in [-0.2, 0) is 10.8 Å². The molecule has 0 radical (unpaired) electrons. The lowest BCUT2D eigenvalue weighted by Gasteiger charge is -2.20. The quantitative estimate of drug-likeness (QED) is 0.768. The van der Waals surface area contributed by atoms with E-state index in [2.05, 4.69) is 15.3 Å². The Morgan fingerprint density at radius 1 is 1.47 bits per heavy atom. The number of carbonyl (C=O) groups is 1. The molecule has 3 N–H and O–H groups in total. The number of hydrogen-bond acceptors (Lipinski definition) is 5. The fourth-order valence-electron chi connectivity index (χ4n) is 1.15. The average Bonchev–Trinajstić information content (AvgIpc) is 2.14. The lowest BCUT2D eigenvalue weighted by Crippen LogP contribution is -2.28. The van der Waals surface area contributed by atoms with Crippen molar-refractivity contribution < 1.29 is 9.00 Å². The summed E-state index contributed by atoms with van der Waals surface area (Å²) in [7, 11) is -1.39. The molecule has 0 aromatic carbocycles. The van der Waals surface area contributed by atoms with Gasteiger partial charge in [-0.3, -0.25) is 9.00 Å². The van der Waals surface area contributed by atoms with E-state index in [1.165, 1.54) is 12.5 Å². The minimum atomic E-state index is -1.39. The summed E-state index contributed by atoms with van der Waals surface area (Å²) in [6.45, 7) is 5.84. The average molecular weight is 256 g/mol. The first-order valence-electron chi connectivity index (χ1n) is 4.99. The van der Waals surface area contributed by atoms with Gasteiger partial charge in [0.2, 0.25) is 5.95 Å². The van der Waals surface area contributed by atoms with E-state index >= 15 is 0 Å². The van der Waals surface area contributed by atoms with Gasteiger partial charge in [0.25, 0.3) is 5.91 Å². The van der Waals surface area contributed by atoms with Crippen LogP contribution in [0.2, 0.25) is 0 Å². The van der Waals surface area contributed by atoms with E-state index in [-0.39, 0.29) is 16.1 Å². The molecule has 7 heteroatoms. The number of hydrogen-bond donors (Lipinski definition) is 2. The molecule has 1 rings (SSSR count). The summed E-state index contributed by atoms with van der Waals surface area (Å²) >= 11 is 0. The lowest BCUT2D eigenvalue weighted by atomic mass is 10.1. The minimum Gasteiger partial charge on any atom is -0.365 e. The first-order valence-corrected chi connectivity index (χ1v) is 6.55. The molecule has 1 atom stereocenters. The van der Waals surface area contributed by atoms with Crippen molar-refractivity contribution in [3.63, 3.8) is 0 Å². The highest BCUT2D eigenvalue weighted by Crippen LogP contribution is 2.14. The van der Waals surface area contributed by atoms with Gasteiger partial charge in [-0.05, 0) is 20.8 Å². The van der Waals surface area contributed by atoms with Crippen LogP contribution in [0.4, 0.5) is 5.95 Å². The standard InChI is InChI=1S/C10H16N4O2S/c1-10(2,3)14-9-12-5-6(7(11)15)8(13-9)17(4)16/h5H,1-4H3,(H2,11,15)(H,12,13,14)/t17-/m1/s1. The molecule has 1 heterocycles. The van der Waals surface area contributed by atoms with Crippen LogP contribution < -0.4 is 11.1 Å². The number of primary amides is 1. The van der Waals surface area contributed by atoms with E-state index in [9.17, 15) is 9.00 Å². The number of carbonyl (C=O) groups excluding carboxylic acids is 1. The van der Waals surface area contributed by atoms with Gasteiger partial charge >= 0.3 is 0 Å². The Bertz CT molecular complexity index is 468. The lowest BCUT2D eigenvalue weighted by molar-refractivity contribution is 0.0996. The maximum Gasteiger partial charge on any atom is 0.253 e. The zero-order chi connectivity index (χ0) is 13.2. The first-order chi connectivity index (χ1) is 7.70. The van der Waals surface area contributed by atoms with E-state index in [4.69, 9.17) is 5.73 Å². The summed E-state index contributed by atoms with van der Waals surface area (Å²) < 4.78 is 11.5. The molecule has 0 spiro atoms. The highest BCUT2D eigenvalue weighted by Gasteiger charge is 2.17. The van der Waals surface area contributed by atoms with E-state index in [1.807, 2.05) is 20.8 Å². The molecule has 1 amide bonds. The van der Waals surface area contributed by atoms with Crippen LogP contribution in [0.1, 0.15) is 31.1 Å². The van der Waals surface area contributed by atoms with Gasteiger partial charge in [0.15, 0.2) is 0 Å². The molecule has 1 aromatic rings. The number of aromatic nitrogens is 2. The Morgan fingerprint density at radius 3 is 2.47 bits per heavy atom. The monoisotopic (exact) mass is 256 g/mol. The van der Waals surface area contributed by atoms with E-state index in [1.54, 1.807) is 0 Å². The molecule has 17 heavy (non-hydrogen) atoms. The maximum absolute atomic E-state index is 11.5. The summed E-state index contributed by atoms with van der Waals surface area (Å²) in [5.74, 6) is -0.356. The first kappa shape index (κ1) is 13.6. The van der Waals surface area contributed by atoms with E-state index in [0.717, 1.165) is 0 Å². The number of nitrogens with two attached hydrogens (primary N) is 1. The van der Waals surface area contributed by atoms with E-state index < -0.39 is 16.7 Å². The van der Waals surface area contributed by atoms with Crippen LogP contribution in [0, 0.1) is 0 Å². The van der Waals surface area contributed by atoms with Crippen LogP contribution in [0.5, 0.6) is 0 Å². The highest BCUT2D eigenvalue weighted by molar-refractivity contribution is 7.84. The molecule has 94 valence electrons. The third kappa shape index (κ3) is 3.77. The van der Waals surface area contributed by atoms with Gasteiger partial charge in [-0.25, -0.2) is 9.97 Å². The second-order valence-electron chi connectivity index (χ2n) is 4.61. The summed E-state index contributed by atoms with van der Waals surface area (Å²) in [5.41, 5.74) is 5.02. The summed E-state index contributed by atoms with van der Waals surface area (Å²) in [6.07, 6.45) is 2.73. The molecule has 0 saturated carbocycles. The van der Waals surface area contributed by atoms with Crippen molar-refractivity contribution >= 4 is 22.7 Å². The van der Waals surface area contributed by atoms with Gasteiger partial charge in [0.05, 0.1) is 16.4 Å². The summed E-state index contributed by atoms with van der Waals surface area (Å²) in [4.78, 5) is 19.1. The maximum atomic E-state index is 11.5. The number of amides is 1. The van der Waals surface area contributed by atoms with Crippen LogP contribution >= 0.6 is 0 Å². The minimum absolute atomic E-state index is 0.0882. The number of nitrogens with zero attached hydrogens (tertiary/aromatic N) is 2. The van der Waals surface area contributed by atoms with Crippen molar-refractivity contribution in [1.29, 1.82) is 0 Å². The molecule has 0 fully saturated rings. The van der Waals surface area contributed by atoms with Gasteiger partial charge in [-0.1, -0.05) is 0 Å². The van der Waals surface area contributed by atoms with Crippen LogP contribution in [0.15, 0.2) is 11.2 Å². The molecule has 0 aliphatic rings. The van der Waals surface area contributed by atoms with Crippen molar-refractivity contribution in [3.05, 3.63) is 11.8 Å². The fourth-order valence-corrected chi connectivity index (χ4v) is 1.83. The zero-order valence-corrected chi connectivity index (χ0v) is 11.1. The second kappa shape index (κ2) is 4.79. The van der Waals surface area contributed by atoms with E-state index in [0.29, 0.717) is 5.95 Å². The van der Waals surface area contributed by atoms with Crippen LogP contribution in [0.25, 0.3) is 0 Å². The van der Waals surface area contributed by atoms with Gasteiger partial charge in [0, 0.05) is 18.0 Å². The molecule has 1 aromatic heterocycles. The van der Waals surface area contributed by atoms with Crippen molar-refractivity contribution in [3.8, 4) is 0 Å². The number of nitrogens with one attached hydrogen (secondary N) is 1. The molecular weight excluding hydrogens is 240 g/mol. The van der Waals surface area contributed by atoms with Crippen molar-refractivity contribution in [2.45, 2.75) is 31.3 Å². The van der Waals surface area contributed by atoms with Gasteiger partial charge < -0.3 is 11.1 Å². The molecular formula is C10H16N4O2S. The van der Waals surface area contributed by atoms with Crippen molar-refractivity contribution in [2.75, 3.05) is 11.6 Å². The molecule has 0 aliphatic heterocycles. The Kier molecular flexibility index (Phi) is 3.82. The number of anilines is 1. The summed E-state index contributed by atoms with van der Waals surface area (Å²) in [6, 6.07) is 0. The molecule has 0 saturated heterocycles. The molecule has 0 unspecified atom stereocenters. The zero-order valence-electron chi connectivity index (χ0n) is 10.3. The molecule has 0 bridgehead atoms. The summed E-state index contributed by atoms with van der Waals surface area (Å²) in [5, 5.41) is 3.19. The molecule has 0 aliphatic carbocycles. The predicted molar refractivity (Wildman–Crippen MR) is 66.3 cm³/mol. The second-order valence-corrected chi connectivity index (χ2v) is 5.90. The van der Waals surface area contributed by atoms with Crippen LogP contribution in [0.3, 0.4) is 0 Å². The third-order valence-electron chi connectivity index (χ3n) is 1.78. The highest BCUT2D eigenvalue weighted by atomic mass is 32.2.